The third-order valence-corrected chi connectivity index (χ3v) is 9.99. The van der Waals surface area contributed by atoms with Gasteiger partial charge in [0.2, 0.25) is 12.2 Å². The lowest BCUT2D eigenvalue weighted by Crippen LogP contribution is -2.59. The summed E-state index contributed by atoms with van der Waals surface area (Å²) >= 11 is 0.826. The lowest BCUT2D eigenvalue weighted by atomic mass is 9.97. The van der Waals surface area contributed by atoms with Crippen LogP contribution in [0.15, 0.2) is 35.7 Å². The third kappa shape index (κ3) is 6.52. The Morgan fingerprint density at radius 2 is 1.96 bits per heavy atom. The van der Waals surface area contributed by atoms with E-state index in [4.69, 9.17) is 9.47 Å². The molecule has 0 bridgehead atoms. The number of aryl methyl sites for hydroxylation is 1. The van der Waals surface area contributed by atoms with Crippen LogP contribution in [-0.2, 0) is 15.8 Å². The number of thiazole rings is 1. The number of halogens is 3. The van der Waals surface area contributed by atoms with Crippen LogP contribution in [0.25, 0.3) is 21.6 Å². The minimum atomic E-state index is -4.60. The van der Waals surface area contributed by atoms with Crippen LogP contribution in [0.1, 0.15) is 49.8 Å². The maximum Gasteiger partial charge on any atom is 0.434 e. The summed E-state index contributed by atoms with van der Waals surface area (Å²) in [6.07, 6.45) is 4.31. The summed E-state index contributed by atoms with van der Waals surface area (Å²) in [4.78, 5) is 51.0. The Morgan fingerprint density at radius 3 is 2.68 bits per heavy atom. The highest BCUT2D eigenvalue weighted by Gasteiger charge is 2.56. The maximum absolute atomic E-state index is 13.8. The maximum atomic E-state index is 13.8. The van der Waals surface area contributed by atoms with Crippen molar-refractivity contribution in [2.45, 2.75) is 69.3 Å². The summed E-state index contributed by atoms with van der Waals surface area (Å²) in [5, 5.41) is 4.50. The number of nitrogens with zero attached hydrogens (tertiary/aromatic N) is 4. The second kappa shape index (κ2) is 12.8. The molecule has 4 atom stereocenters. The fraction of sp³-hybridized carbons (Fsp3) is 0.485. The highest BCUT2D eigenvalue weighted by Crippen LogP contribution is 2.44. The van der Waals surface area contributed by atoms with Crippen molar-refractivity contribution >= 4 is 40.5 Å². The van der Waals surface area contributed by atoms with E-state index in [1.54, 1.807) is 37.1 Å². The summed E-state index contributed by atoms with van der Waals surface area (Å²) < 4.78 is 52.2. The first-order valence-electron chi connectivity index (χ1n) is 15.5. The summed E-state index contributed by atoms with van der Waals surface area (Å²) in [5.41, 5.74) is -0.791. The number of alkyl halides is 3. The van der Waals surface area contributed by atoms with Crippen LogP contribution in [0.3, 0.4) is 0 Å². The Balaban J connectivity index is 1.33. The van der Waals surface area contributed by atoms with Crippen LogP contribution < -0.4 is 14.8 Å². The van der Waals surface area contributed by atoms with Crippen LogP contribution in [0.2, 0.25) is 0 Å². The number of fused-ring (bicyclic) bond motifs is 3. The zero-order chi connectivity index (χ0) is 33.5. The number of carbonyl (C=O) groups excluding carboxylic acids is 3. The molecule has 1 radical (unpaired) electrons. The van der Waals surface area contributed by atoms with Gasteiger partial charge in [-0.15, -0.1) is 11.3 Å². The Morgan fingerprint density at radius 1 is 1.15 bits per heavy atom. The van der Waals surface area contributed by atoms with E-state index in [1.165, 1.54) is 12.0 Å². The lowest BCUT2D eigenvalue weighted by molar-refractivity contribution is -0.140. The fourth-order valence-electron chi connectivity index (χ4n) is 6.32. The molecule has 47 heavy (non-hydrogen) atoms. The Kier molecular flexibility index (Phi) is 8.90. The number of ether oxygens (including phenoxy) is 2. The highest BCUT2D eigenvalue weighted by molar-refractivity contribution is 7.13. The molecule has 1 saturated carbocycles. The van der Waals surface area contributed by atoms with E-state index in [1.807, 2.05) is 18.4 Å². The van der Waals surface area contributed by atoms with Gasteiger partial charge in [-0.05, 0) is 44.7 Å². The predicted molar refractivity (Wildman–Crippen MR) is 169 cm³/mol. The largest absolute Gasteiger partial charge is 0.496 e. The molecule has 249 valence electrons. The van der Waals surface area contributed by atoms with Crippen LogP contribution in [0, 0.1) is 12.8 Å². The summed E-state index contributed by atoms with van der Waals surface area (Å²) in [5.74, 6) is 0.289. The number of rotatable bonds is 5. The summed E-state index contributed by atoms with van der Waals surface area (Å²) in [6, 6.07) is 3.88. The molecule has 1 aliphatic carbocycles. The first kappa shape index (κ1) is 32.7. The number of piperidine rings is 1. The molecular formula is C33H35F3N5O5S. The molecule has 3 aromatic rings. The second-order valence-corrected chi connectivity index (χ2v) is 13.2. The number of nitrogens with one attached hydrogen (secondary N) is 1. The van der Waals surface area contributed by atoms with Gasteiger partial charge in [0.1, 0.15) is 39.9 Å². The molecule has 2 aliphatic heterocycles. The average Bonchev–Trinajstić information content (AvgIpc) is 3.46. The van der Waals surface area contributed by atoms with Gasteiger partial charge in [0, 0.05) is 61.3 Å². The van der Waals surface area contributed by atoms with Crippen molar-refractivity contribution in [1.82, 2.24) is 25.1 Å². The average molecular weight is 671 g/mol. The van der Waals surface area contributed by atoms with E-state index in [9.17, 15) is 27.6 Å². The van der Waals surface area contributed by atoms with E-state index in [0.29, 0.717) is 47.4 Å². The first-order chi connectivity index (χ1) is 22.4. The number of hydrogen-bond donors (Lipinski definition) is 1. The van der Waals surface area contributed by atoms with E-state index in [0.717, 1.165) is 36.0 Å². The third-order valence-electron chi connectivity index (χ3n) is 9.13. The predicted octanol–water partition coefficient (Wildman–Crippen LogP) is 5.68. The summed E-state index contributed by atoms with van der Waals surface area (Å²) in [7, 11) is 3.23. The number of pyridine rings is 1. The highest BCUT2D eigenvalue weighted by atomic mass is 32.1. The van der Waals surface area contributed by atoms with Gasteiger partial charge in [-0.1, -0.05) is 12.2 Å². The Hall–Kier alpha value is -4.20. The zero-order valence-electron chi connectivity index (χ0n) is 26.2. The lowest BCUT2D eigenvalue weighted by Gasteiger charge is -2.40. The Bertz CT molecular complexity index is 1730. The van der Waals surface area contributed by atoms with Gasteiger partial charge in [-0.2, -0.15) is 13.2 Å². The number of hydrogen-bond acceptors (Lipinski definition) is 8. The second-order valence-electron chi connectivity index (χ2n) is 12.3. The number of urea groups is 1. The van der Waals surface area contributed by atoms with Gasteiger partial charge in [-0.3, -0.25) is 9.59 Å². The molecule has 1 N–H and O–H groups in total. The smallest absolute Gasteiger partial charge is 0.434 e. The summed E-state index contributed by atoms with van der Waals surface area (Å²) in [6.45, 7) is 2.55. The number of allylic oxidation sites excluding steroid dienone is 1. The fourth-order valence-corrected chi connectivity index (χ4v) is 7.11. The number of aromatic nitrogens is 2. The van der Waals surface area contributed by atoms with Gasteiger partial charge in [0.05, 0.1) is 12.6 Å². The molecule has 3 amide bonds. The SMILES string of the molecule is COc1ccc2c(OC3CCN4C(=O)N(C)CCCC/C=C/C5CC5([C]=O)NC(=O)C4C3)cc(-c3nc(C(F)(F)F)cs3)nc2c1C. The number of carbonyl (C=O) groups is 2. The molecule has 2 aromatic heterocycles. The quantitative estimate of drug-likeness (QED) is 0.348. The molecule has 14 heteroatoms. The van der Waals surface area contributed by atoms with Crippen LogP contribution in [0.4, 0.5) is 18.0 Å². The molecular weight excluding hydrogens is 635 g/mol. The van der Waals surface area contributed by atoms with Crippen molar-refractivity contribution in [3.05, 3.63) is 47.0 Å². The molecule has 0 spiro atoms. The molecule has 3 aliphatic rings. The van der Waals surface area contributed by atoms with Crippen LogP contribution >= 0.6 is 11.3 Å². The van der Waals surface area contributed by atoms with Gasteiger partial charge in [-0.25, -0.2) is 14.8 Å². The van der Waals surface area contributed by atoms with Crippen molar-refractivity contribution in [3.8, 4) is 22.2 Å². The number of benzene rings is 1. The molecule has 1 aromatic carbocycles. The van der Waals surface area contributed by atoms with Crippen molar-refractivity contribution in [3.63, 3.8) is 0 Å². The molecule has 4 unspecified atom stereocenters. The molecule has 4 heterocycles. The first-order valence-corrected chi connectivity index (χ1v) is 16.4. The van der Waals surface area contributed by atoms with Gasteiger partial charge < -0.3 is 24.6 Å². The van der Waals surface area contributed by atoms with Gasteiger partial charge in [0.25, 0.3) is 0 Å². The van der Waals surface area contributed by atoms with Crippen molar-refractivity contribution < 1.29 is 37.0 Å². The molecule has 10 nitrogen and oxygen atoms in total. The van der Waals surface area contributed by atoms with E-state index in [-0.39, 0.29) is 35.6 Å². The molecule has 1 saturated heterocycles. The van der Waals surface area contributed by atoms with E-state index < -0.39 is 35.5 Å². The number of methoxy groups -OCH3 is 1. The van der Waals surface area contributed by atoms with Crippen molar-refractivity contribution in [1.29, 1.82) is 0 Å². The van der Waals surface area contributed by atoms with E-state index >= 15 is 0 Å². The van der Waals surface area contributed by atoms with Crippen LogP contribution in [-0.4, -0.2) is 82.9 Å². The zero-order valence-corrected chi connectivity index (χ0v) is 27.0. The van der Waals surface area contributed by atoms with Crippen molar-refractivity contribution in [2.75, 3.05) is 27.2 Å². The van der Waals surface area contributed by atoms with Crippen molar-refractivity contribution in [2.24, 2.45) is 5.92 Å². The Labute approximate surface area is 273 Å². The topological polar surface area (TPSA) is 114 Å². The van der Waals surface area contributed by atoms with Gasteiger partial charge in [0.15, 0.2) is 5.69 Å². The minimum Gasteiger partial charge on any atom is -0.496 e. The molecule has 2 fully saturated rings. The minimum absolute atomic E-state index is 0.0728. The standard InChI is InChI=1S/C33H35F3N5O5S/c1-19-25(45-3)10-9-22-26(15-23(37-28(19)22)30-38-27(17-47-30)33(34,35)36)46-21-11-13-41-24(14-21)29(43)39-32(18-42)16-20(32)8-6-4-5-7-12-40(2)31(41)44/h6,8-10,15,17,20-21,24H,4-5,7,11-14,16H2,1-3H3,(H,39,43)/b8-6+. The normalized spacial score (nSPS) is 26.1. The van der Waals surface area contributed by atoms with E-state index in [2.05, 4.69) is 15.3 Å². The van der Waals surface area contributed by atoms with Crippen LogP contribution in [0.5, 0.6) is 11.5 Å². The molecule has 6 rings (SSSR count). The van der Waals surface area contributed by atoms with Gasteiger partial charge >= 0.3 is 12.2 Å². The number of amides is 3. The monoisotopic (exact) mass is 670 g/mol.